The first-order chi connectivity index (χ1) is 17.8. The van der Waals surface area contributed by atoms with E-state index in [2.05, 4.69) is 76.9 Å². The SMILES string of the molecule is CB1OC(C)(C)C(C)(C)O1.COC(=O)N[C@H](C(=O)N1CCC[C@H]1c1cc(-c2ccc(Br)cc2)c[nH]1)C(C)C. The molecule has 0 saturated carbocycles. The molecule has 2 N–H and O–H groups in total. The summed E-state index contributed by atoms with van der Waals surface area (Å²) in [6.45, 7) is 14.7. The summed E-state index contributed by atoms with van der Waals surface area (Å²) in [5.41, 5.74) is 2.91. The largest absolute Gasteiger partial charge is 0.454 e. The monoisotopic (exact) mass is 589 g/mol. The Kier molecular flexibility index (Phi) is 9.76. The van der Waals surface area contributed by atoms with Gasteiger partial charge in [0.05, 0.1) is 24.4 Å². The molecule has 0 aliphatic carbocycles. The van der Waals surface area contributed by atoms with E-state index in [-0.39, 0.29) is 36.2 Å². The number of aromatic nitrogens is 1. The van der Waals surface area contributed by atoms with Crippen LogP contribution in [0.3, 0.4) is 0 Å². The second-order valence-electron chi connectivity index (χ2n) is 11.2. The van der Waals surface area contributed by atoms with E-state index in [0.29, 0.717) is 6.54 Å². The molecule has 8 nitrogen and oxygen atoms in total. The molecule has 4 rings (SSSR count). The molecule has 0 radical (unpaired) electrons. The third-order valence-corrected chi connectivity index (χ3v) is 8.07. The van der Waals surface area contributed by atoms with Gasteiger partial charge in [0.2, 0.25) is 5.91 Å². The van der Waals surface area contributed by atoms with E-state index in [1.54, 1.807) is 0 Å². The molecule has 2 aliphatic heterocycles. The van der Waals surface area contributed by atoms with Gasteiger partial charge in [0.25, 0.3) is 0 Å². The van der Waals surface area contributed by atoms with Crippen molar-refractivity contribution in [2.75, 3.05) is 13.7 Å². The molecule has 208 valence electrons. The highest BCUT2D eigenvalue weighted by Gasteiger charge is 2.48. The number of likely N-dealkylation sites (tertiary alicyclic amines) is 1. The topological polar surface area (TPSA) is 92.9 Å². The van der Waals surface area contributed by atoms with E-state index in [9.17, 15) is 9.59 Å². The molecule has 0 unspecified atom stereocenters. The number of benzene rings is 1. The van der Waals surface area contributed by atoms with Gasteiger partial charge in [-0.1, -0.05) is 41.9 Å². The molecule has 2 aromatic rings. The zero-order valence-corrected chi connectivity index (χ0v) is 25.3. The number of halogens is 1. The van der Waals surface area contributed by atoms with Crippen LogP contribution in [0.5, 0.6) is 0 Å². The first kappa shape index (κ1) is 30.2. The maximum absolute atomic E-state index is 13.2. The van der Waals surface area contributed by atoms with Gasteiger partial charge in [0, 0.05) is 22.9 Å². The normalized spacial score (nSPS) is 20.6. The van der Waals surface area contributed by atoms with Gasteiger partial charge in [0.1, 0.15) is 6.04 Å². The smallest absolute Gasteiger partial charge is 0.453 e. The highest BCUT2D eigenvalue weighted by Crippen LogP contribution is 2.36. The van der Waals surface area contributed by atoms with Crippen LogP contribution in [0.15, 0.2) is 41.0 Å². The second-order valence-corrected chi connectivity index (χ2v) is 12.1. The maximum atomic E-state index is 13.2. The number of carbonyl (C=O) groups is 2. The summed E-state index contributed by atoms with van der Waals surface area (Å²) in [5.74, 6) is -0.0995. The van der Waals surface area contributed by atoms with Gasteiger partial charge >= 0.3 is 13.2 Å². The third kappa shape index (κ3) is 7.01. The zero-order valence-electron chi connectivity index (χ0n) is 23.8. The number of alkyl carbamates (subject to hydrolysis) is 1. The van der Waals surface area contributed by atoms with E-state index < -0.39 is 12.1 Å². The molecular weight excluding hydrogens is 549 g/mol. The van der Waals surface area contributed by atoms with Gasteiger partial charge in [-0.2, -0.15) is 0 Å². The number of nitrogens with zero attached hydrogens (tertiary/aromatic N) is 1. The quantitative estimate of drug-likeness (QED) is 0.405. The lowest BCUT2D eigenvalue weighted by atomic mass is 9.90. The lowest BCUT2D eigenvalue weighted by molar-refractivity contribution is -0.135. The summed E-state index contributed by atoms with van der Waals surface area (Å²) in [4.78, 5) is 30.1. The first-order valence-electron chi connectivity index (χ1n) is 13.2. The fourth-order valence-corrected chi connectivity index (χ4v) is 5.05. The molecule has 0 bridgehead atoms. The van der Waals surface area contributed by atoms with Crippen LogP contribution in [0.4, 0.5) is 4.79 Å². The molecule has 38 heavy (non-hydrogen) atoms. The molecular formula is C28H41BBrN3O5. The lowest BCUT2D eigenvalue weighted by Gasteiger charge is -2.32. The van der Waals surface area contributed by atoms with Crippen molar-refractivity contribution < 1.29 is 23.6 Å². The summed E-state index contributed by atoms with van der Waals surface area (Å²) in [6.07, 6.45) is 3.23. The standard InChI is InChI=1S/C21H26BrN3O3.C7H15BO2/c1-13(2)19(24-21(27)28-3)20(26)25-10-4-5-18(25)17-11-15(12-23-17)14-6-8-16(22)9-7-14;1-6(2)7(3,4)10-8(5)9-6/h6-9,11-13,18-19,23H,4-5,10H2,1-3H3,(H,24,27);1-5H3/t18-,19-;/m0./s1. The summed E-state index contributed by atoms with van der Waals surface area (Å²) in [5, 5.41) is 2.68. The van der Waals surface area contributed by atoms with E-state index in [1.165, 1.54) is 7.11 Å². The number of hydrogen-bond donors (Lipinski definition) is 2. The van der Waals surface area contributed by atoms with Crippen molar-refractivity contribution in [1.29, 1.82) is 0 Å². The number of ether oxygens (including phenoxy) is 1. The predicted molar refractivity (Wildman–Crippen MR) is 154 cm³/mol. The third-order valence-electron chi connectivity index (χ3n) is 7.54. The highest BCUT2D eigenvalue weighted by atomic mass is 79.9. The average molecular weight is 590 g/mol. The number of methoxy groups -OCH3 is 1. The van der Waals surface area contributed by atoms with Crippen molar-refractivity contribution in [3.63, 3.8) is 0 Å². The fraction of sp³-hybridized carbons (Fsp3) is 0.571. The van der Waals surface area contributed by atoms with Crippen LogP contribution in [-0.4, -0.2) is 59.9 Å². The van der Waals surface area contributed by atoms with Crippen molar-refractivity contribution in [2.45, 2.75) is 84.5 Å². The number of H-pyrrole nitrogens is 1. The molecule has 2 amide bonds. The summed E-state index contributed by atoms with van der Waals surface area (Å²) >= 11 is 3.46. The Morgan fingerprint density at radius 1 is 1.13 bits per heavy atom. The van der Waals surface area contributed by atoms with E-state index in [4.69, 9.17) is 9.31 Å². The van der Waals surface area contributed by atoms with Crippen molar-refractivity contribution in [2.24, 2.45) is 5.92 Å². The second kappa shape index (κ2) is 12.3. The number of rotatable bonds is 5. The van der Waals surface area contributed by atoms with Crippen LogP contribution in [0.2, 0.25) is 6.82 Å². The van der Waals surface area contributed by atoms with Crippen LogP contribution >= 0.6 is 15.9 Å². The van der Waals surface area contributed by atoms with Crippen LogP contribution in [0.1, 0.15) is 66.1 Å². The van der Waals surface area contributed by atoms with Crippen LogP contribution < -0.4 is 5.32 Å². The van der Waals surface area contributed by atoms with Crippen LogP contribution in [0.25, 0.3) is 11.1 Å². The molecule has 10 heteroatoms. The van der Waals surface area contributed by atoms with E-state index >= 15 is 0 Å². The zero-order chi connectivity index (χ0) is 28.3. The number of amides is 2. The average Bonchev–Trinajstić information content (AvgIpc) is 3.55. The van der Waals surface area contributed by atoms with Gasteiger partial charge < -0.3 is 29.2 Å². The van der Waals surface area contributed by atoms with Gasteiger partial charge in [-0.3, -0.25) is 4.79 Å². The molecule has 1 aromatic carbocycles. The van der Waals surface area contributed by atoms with Crippen molar-refractivity contribution in [1.82, 2.24) is 15.2 Å². The molecule has 0 spiro atoms. The Morgan fingerprint density at radius 2 is 1.74 bits per heavy atom. The van der Waals surface area contributed by atoms with Gasteiger partial charge in [0.15, 0.2) is 0 Å². The molecule has 2 aliphatic rings. The lowest BCUT2D eigenvalue weighted by Crippen LogP contribution is -2.51. The Balaban J connectivity index is 0.000000336. The molecule has 3 heterocycles. The van der Waals surface area contributed by atoms with E-state index in [0.717, 1.165) is 34.1 Å². The summed E-state index contributed by atoms with van der Waals surface area (Å²) < 4.78 is 16.8. The molecule has 2 saturated heterocycles. The highest BCUT2D eigenvalue weighted by molar-refractivity contribution is 9.10. The molecule has 1 aromatic heterocycles. The Bertz CT molecular complexity index is 1090. The molecule has 2 atom stereocenters. The number of carbonyl (C=O) groups excluding carboxylic acids is 2. The van der Waals surface area contributed by atoms with Crippen molar-refractivity contribution in [3.8, 4) is 11.1 Å². The van der Waals surface area contributed by atoms with Crippen LogP contribution in [0, 0.1) is 5.92 Å². The minimum Gasteiger partial charge on any atom is -0.453 e. The number of nitrogens with one attached hydrogen (secondary N) is 2. The summed E-state index contributed by atoms with van der Waals surface area (Å²) in [7, 11) is 1.24. The summed E-state index contributed by atoms with van der Waals surface area (Å²) in [6, 6.07) is 9.63. The van der Waals surface area contributed by atoms with Crippen LogP contribution in [-0.2, 0) is 18.8 Å². The predicted octanol–water partition coefficient (Wildman–Crippen LogP) is 6.20. The van der Waals surface area contributed by atoms with E-state index in [1.807, 2.05) is 43.9 Å². The Morgan fingerprint density at radius 3 is 2.24 bits per heavy atom. The van der Waals surface area contributed by atoms with Gasteiger partial charge in [-0.15, -0.1) is 0 Å². The van der Waals surface area contributed by atoms with Gasteiger partial charge in [-0.05, 0) is 82.6 Å². The molecule has 2 fully saturated rings. The Hall–Kier alpha value is -2.30. The van der Waals surface area contributed by atoms with Crippen molar-refractivity contribution in [3.05, 3.63) is 46.7 Å². The maximum Gasteiger partial charge on any atom is 0.454 e. The minimum absolute atomic E-state index is 0.0163. The van der Waals surface area contributed by atoms with Gasteiger partial charge in [-0.25, -0.2) is 4.79 Å². The number of aromatic amines is 1. The Labute approximate surface area is 235 Å². The fourth-order valence-electron chi connectivity index (χ4n) is 4.78. The minimum atomic E-state index is -0.603. The first-order valence-corrected chi connectivity index (χ1v) is 14.0. The van der Waals surface area contributed by atoms with Crippen molar-refractivity contribution >= 4 is 35.0 Å². The number of hydrogen-bond acceptors (Lipinski definition) is 5.